The van der Waals surface area contributed by atoms with E-state index in [1.54, 1.807) is 12.1 Å². The minimum atomic E-state index is 0.0889. The number of anilines is 2. The number of rotatable bonds is 9. The minimum absolute atomic E-state index is 0.0889. The van der Waals surface area contributed by atoms with Gasteiger partial charge in [-0.25, -0.2) is 0 Å². The molecule has 0 heterocycles. The second kappa shape index (κ2) is 8.03. The molecule has 1 amide bonds. The molecule has 1 aliphatic carbocycles. The van der Waals surface area contributed by atoms with Gasteiger partial charge in [-0.1, -0.05) is 13.3 Å². The number of hydrogen-bond donors (Lipinski definition) is 2. The molecular formula is C17H27N3O. The van der Waals surface area contributed by atoms with Gasteiger partial charge in [0.15, 0.2) is 0 Å². The Hall–Kier alpha value is -1.55. The fraction of sp³-hybridized carbons (Fsp3) is 0.588. The van der Waals surface area contributed by atoms with Crippen molar-refractivity contribution in [1.29, 1.82) is 0 Å². The molecule has 3 N–H and O–H groups in total. The molecule has 1 fully saturated rings. The summed E-state index contributed by atoms with van der Waals surface area (Å²) in [5.41, 5.74) is 7.16. The monoisotopic (exact) mass is 289 g/mol. The highest BCUT2D eigenvalue weighted by molar-refractivity contribution is 5.90. The second-order valence-electron chi connectivity index (χ2n) is 5.89. The number of nitrogens with one attached hydrogen (secondary N) is 1. The summed E-state index contributed by atoms with van der Waals surface area (Å²) in [4.78, 5) is 14.5. The number of hydrogen-bond acceptors (Lipinski definition) is 3. The van der Waals surface area contributed by atoms with E-state index in [-0.39, 0.29) is 5.91 Å². The van der Waals surface area contributed by atoms with Gasteiger partial charge in [0.25, 0.3) is 0 Å². The molecule has 0 spiro atoms. The fourth-order valence-electron chi connectivity index (χ4n) is 2.51. The van der Waals surface area contributed by atoms with E-state index in [9.17, 15) is 4.79 Å². The van der Waals surface area contributed by atoms with Crippen LogP contribution in [0.4, 0.5) is 11.4 Å². The van der Waals surface area contributed by atoms with Gasteiger partial charge in [0, 0.05) is 23.8 Å². The van der Waals surface area contributed by atoms with Gasteiger partial charge in [0.1, 0.15) is 0 Å². The summed E-state index contributed by atoms with van der Waals surface area (Å²) in [7, 11) is 0. The SMILES string of the molecule is CCCCN(CCCC(=O)Nc1ccc(N)cc1)C1CC1. The van der Waals surface area contributed by atoms with Gasteiger partial charge >= 0.3 is 0 Å². The van der Waals surface area contributed by atoms with Crippen LogP contribution in [0.1, 0.15) is 45.4 Å². The normalized spacial score (nSPS) is 14.4. The molecule has 1 aliphatic rings. The summed E-state index contributed by atoms with van der Waals surface area (Å²) in [6.07, 6.45) is 6.68. The van der Waals surface area contributed by atoms with Gasteiger partial charge < -0.3 is 16.0 Å². The lowest BCUT2D eigenvalue weighted by atomic mass is 10.2. The van der Waals surface area contributed by atoms with Crippen LogP contribution in [0.2, 0.25) is 0 Å². The van der Waals surface area contributed by atoms with E-state index in [0.717, 1.165) is 24.7 Å². The third kappa shape index (κ3) is 5.76. The molecule has 0 aromatic heterocycles. The lowest BCUT2D eigenvalue weighted by molar-refractivity contribution is -0.116. The van der Waals surface area contributed by atoms with Gasteiger partial charge in [-0.05, 0) is 63.0 Å². The predicted molar refractivity (Wildman–Crippen MR) is 88.2 cm³/mol. The number of nitrogens with zero attached hydrogens (tertiary/aromatic N) is 1. The Balaban J connectivity index is 1.67. The van der Waals surface area contributed by atoms with E-state index in [2.05, 4.69) is 17.1 Å². The van der Waals surface area contributed by atoms with Crippen LogP contribution in [0.3, 0.4) is 0 Å². The van der Waals surface area contributed by atoms with Crippen LogP contribution in [-0.2, 0) is 4.79 Å². The van der Waals surface area contributed by atoms with Crippen LogP contribution in [0.25, 0.3) is 0 Å². The maximum Gasteiger partial charge on any atom is 0.224 e. The Morgan fingerprint density at radius 1 is 1.24 bits per heavy atom. The number of nitrogens with two attached hydrogens (primary N) is 1. The minimum Gasteiger partial charge on any atom is -0.399 e. The molecule has 2 rings (SSSR count). The molecule has 4 nitrogen and oxygen atoms in total. The van der Waals surface area contributed by atoms with E-state index in [0.29, 0.717) is 12.1 Å². The van der Waals surface area contributed by atoms with Gasteiger partial charge in [-0.15, -0.1) is 0 Å². The average molecular weight is 289 g/mol. The molecule has 4 heteroatoms. The summed E-state index contributed by atoms with van der Waals surface area (Å²) in [5, 5.41) is 2.92. The van der Waals surface area contributed by atoms with Crippen molar-refractivity contribution >= 4 is 17.3 Å². The van der Waals surface area contributed by atoms with Gasteiger partial charge in [0.05, 0.1) is 0 Å². The zero-order valence-electron chi connectivity index (χ0n) is 13.0. The van der Waals surface area contributed by atoms with E-state index < -0.39 is 0 Å². The molecule has 0 atom stereocenters. The van der Waals surface area contributed by atoms with Crippen LogP contribution < -0.4 is 11.1 Å². The average Bonchev–Trinajstić information content (AvgIpc) is 3.30. The first-order valence-corrected chi connectivity index (χ1v) is 8.08. The van der Waals surface area contributed by atoms with Crippen LogP contribution in [0.15, 0.2) is 24.3 Å². The zero-order chi connectivity index (χ0) is 15.1. The molecule has 0 radical (unpaired) electrons. The highest BCUT2D eigenvalue weighted by Crippen LogP contribution is 2.27. The van der Waals surface area contributed by atoms with Crippen molar-refractivity contribution in [1.82, 2.24) is 4.90 Å². The summed E-state index contributed by atoms with van der Waals surface area (Å²) in [5.74, 6) is 0.0889. The van der Waals surface area contributed by atoms with Crippen molar-refractivity contribution in [2.24, 2.45) is 0 Å². The van der Waals surface area contributed by atoms with Crippen LogP contribution in [0, 0.1) is 0 Å². The van der Waals surface area contributed by atoms with Crippen molar-refractivity contribution in [3.8, 4) is 0 Å². The standard InChI is InChI=1S/C17H27N3O/c1-2-3-12-20(16-10-11-16)13-4-5-17(21)19-15-8-6-14(18)7-9-15/h6-9,16H,2-5,10-13,18H2,1H3,(H,19,21). The largest absolute Gasteiger partial charge is 0.399 e. The number of unbranched alkanes of at least 4 members (excludes halogenated alkanes) is 1. The van der Waals surface area contributed by atoms with Crippen molar-refractivity contribution in [2.75, 3.05) is 24.1 Å². The molecule has 0 bridgehead atoms. The molecule has 0 saturated heterocycles. The summed E-state index contributed by atoms with van der Waals surface area (Å²) < 4.78 is 0. The molecule has 1 saturated carbocycles. The topological polar surface area (TPSA) is 58.4 Å². The van der Waals surface area contributed by atoms with Gasteiger partial charge in [0.2, 0.25) is 5.91 Å². The number of carbonyl (C=O) groups excluding carboxylic acids is 1. The maximum absolute atomic E-state index is 11.9. The van der Waals surface area contributed by atoms with Crippen molar-refractivity contribution in [3.05, 3.63) is 24.3 Å². The third-order valence-electron chi connectivity index (χ3n) is 3.91. The summed E-state index contributed by atoms with van der Waals surface area (Å²) >= 11 is 0. The molecule has 1 aromatic carbocycles. The van der Waals surface area contributed by atoms with E-state index >= 15 is 0 Å². The predicted octanol–water partition coefficient (Wildman–Crippen LogP) is 3.25. The lowest BCUT2D eigenvalue weighted by Crippen LogP contribution is -2.29. The quantitative estimate of drug-likeness (QED) is 0.686. The van der Waals surface area contributed by atoms with Crippen LogP contribution >= 0.6 is 0 Å². The summed E-state index contributed by atoms with van der Waals surface area (Å²) in [6, 6.07) is 8.07. The highest BCUT2D eigenvalue weighted by atomic mass is 16.1. The lowest BCUT2D eigenvalue weighted by Gasteiger charge is -2.21. The maximum atomic E-state index is 11.9. The Kier molecular flexibility index (Phi) is 6.05. The van der Waals surface area contributed by atoms with Gasteiger partial charge in [-0.2, -0.15) is 0 Å². The van der Waals surface area contributed by atoms with Crippen molar-refractivity contribution in [3.63, 3.8) is 0 Å². The Labute approximate surface area is 127 Å². The van der Waals surface area contributed by atoms with E-state index in [1.807, 2.05) is 12.1 Å². The van der Waals surface area contributed by atoms with E-state index in [4.69, 9.17) is 5.73 Å². The third-order valence-corrected chi connectivity index (χ3v) is 3.91. The number of carbonyl (C=O) groups is 1. The van der Waals surface area contributed by atoms with Crippen molar-refractivity contribution < 1.29 is 4.79 Å². The smallest absolute Gasteiger partial charge is 0.224 e. The number of benzene rings is 1. The highest BCUT2D eigenvalue weighted by Gasteiger charge is 2.27. The first-order valence-electron chi connectivity index (χ1n) is 8.08. The zero-order valence-corrected chi connectivity index (χ0v) is 13.0. The second-order valence-corrected chi connectivity index (χ2v) is 5.89. The Morgan fingerprint density at radius 3 is 2.52 bits per heavy atom. The Morgan fingerprint density at radius 2 is 1.90 bits per heavy atom. The molecule has 0 aliphatic heterocycles. The van der Waals surface area contributed by atoms with Crippen LogP contribution in [0.5, 0.6) is 0 Å². The Bertz CT molecular complexity index is 440. The van der Waals surface area contributed by atoms with E-state index in [1.165, 1.54) is 32.2 Å². The first kappa shape index (κ1) is 15.8. The molecule has 116 valence electrons. The van der Waals surface area contributed by atoms with Gasteiger partial charge in [-0.3, -0.25) is 4.79 Å². The molecule has 0 unspecified atom stereocenters. The molecular weight excluding hydrogens is 262 g/mol. The number of amides is 1. The molecule has 21 heavy (non-hydrogen) atoms. The fourth-order valence-corrected chi connectivity index (χ4v) is 2.51. The number of nitrogen functional groups attached to an aromatic ring is 1. The van der Waals surface area contributed by atoms with Crippen molar-refractivity contribution in [2.45, 2.75) is 51.5 Å². The molecule has 1 aromatic rings. The first-order chi connectivity index (χ1) is 10.2. The summed E-state index contributed by atoms with van der Waals surface area (Å²) in [6.45, 7) is 4.45. The van der Waals surface area contributed by atoms with Crippen LogP contribution in [-0.4, -0.2) is 29.9 Å².